The number of alkyl halides is 2. The number of benzene rings is 1. The first-order valence-corrected chi connectivity index (χ1v) is 9.93. The molecule has 0 radical (unpaired) electrons. The van der Waals surface area contributed by atoms with Crippen molar-refractivity contribution in [1.29, 1.82) is 0 Å². The summed E-state index contributed by atoms with van der Waals surface area (Å²) in [7, 11) is 1.71. The molecule has 1 amide bonds. The van der Waals surface area contributed by atoms with E-state index in [0.717, 1.165) is 31.6 Å². The summed E-state index contributed by atoms with van der Waals surface area (Å²) in [5, 5.41) is 9.48. The molecule has 1 saturated heterocycles. The van der Waals surface area contributed by atoms with Crippen molar-refractivity contribution in [2.75, 3.05) is 38.1 Å². The van der Waals surface area contributed by atoms with Gasteiger partial charge in [0.15, 0.2) is 5.96 Å². The van der Waals surface area contributed by atoms with Crippen LogP contribution in [0.4, 0.5) is 14.5 Å². The molecule has 7 nitrogen and oxygen atoms in total. The molecule has 1 aliphatic rings. The van der Waals surface area contributed by atoms with Crippen molar-refractivity contribution in [1.82, 2.24) is 16.0 Å². The number of nitrogens with zero attached hydrogens (tertiary/aromatic N) is 2. The number of piperidine rings is 1. The van der Waals surface area contributed by atoms with Gasteiger partial charge in [-0.3, -0.25) is 9.79 Å². The lowest BCUT2D eigenvalue weighted by Crippen LogP contribution is -2.52. The van der Waals surface area contributed by atoms with Crippen molar-refractivity contribution in [3.63, 3.8) is 0 Å². The standard InChI is InChI=1S/C20H31F2N5O2/c1-14(2)18(28)24-10-11-25-20(23-3)26-15-5-4-12-27(13-15)16-6-8-17(9-7-16)29-19(21)22/h6-9,14-15,19H,4-5,10-13H2,1-3H3,(H,24,28)(H2,23,25,26). The minimum atomic E-state index is -2.82. The lowest BCUT2D eigenvalue weighted by molar-refractivity contribution is -0.123. The molecule has 29 heavy (non-hydrogen) atoms. The average molecular weight is 411 g/mol. The van der Waals surface area contributed by atoms with Crippen molar-refractivity contribution in [2.24, 2.45) is 10.9 Å². The molecule has 1 unspecified atom stereocenters. The van der Waals surface area contributed by atoms with Gasteiger partial charge in [0, 0.05) is 50.9 Å². The van der Waals surface area contributed by atoms with Gasteiger partial charge in [0.2, 0.25) is 5.91 Å². The maximum atomic E-state index is 12.3. The van der Waals surface area contributed by atoms with Gasteiger partial charge in [0.25, 0.3) is 0 Å². The summed E-state index contributed by atoms with van der Waals surface area (Å²) in [4.78, 5) is 18.0. The molecule has 1 aromatic rings. The van der Waals surface area contributed by atoms with Gasteiger partial charge in [-0.2, -0.15) is 8.78 Å². The smallest absolute Gasteiger partial charge is 0.387 e. The third kappa shape index (κ3) is 7.75. The highest BCUT2D eigenvalue weighted by atomic mass is 19.3. The Bertz CT molecular complexity index is 667. The van der Waals surface area contributed by atoms with Crippen LogP contribution in [-0.4, -0.2) is 57.7 Å². The van der Waals surface area contributed by atoms with Crippen LogP contribution in [0.2, 0.25) is 0 Å². The third-order valence-electron chi connectivity index (χ3n) is 4.65. The van der Waals surface area contributed by atoms with Gasteiger partial charge in [-0.15, -0.1) is 0 Å². The Balaban J connectivity index is 1.81. The van der Waals surface area contributed by atoms with Crippen molar-refractivity contribution in [3.05, 3.63) is 24.3 Å². The fraction of sp³-hybridized carbons (Fsp3) is 0.600. The minimum absolute atomic E-state index is 0.0302. The first kappa shape index (κ1) is 22.7. The number of carbonyl (C=O) groups is 1. The molecule has 1 aromatic carbocycles. The molecule has 0 spiro atoms. The molecule has 0 aromatic heterocycles. The summed E-state index contributed by atoms with van der Waals surface area (Å²) >= 11 is 0. The van der Waals surface area contributed by atoms with E-state index in [1.807, 2.05) is 13.8 Å². The van der Waals surface area contributed by atoms with Gasteiger partial charge >= 0.3 is 6.61 Å². The number of ether oxygens (including phenoxy) is 1. The summed E-state index contributed by atoms with van der Waals surface area (Å²) in [5.74, 6) is 0.847. The summed E-state index contributed by atoms with van der Waals surface area (Å²) in [6.45, 7) is 3.69. The highest BCUT2D eigenvalue weighted by molar-refractivity contribution is 5.80. The van der Waals surface area contributed by atoms with Crippen molar-refractivity contribution in [2.45, 2.75) is 39.3 Å². The van der Waals surface area contributed by atoms with Gasteiger partial charge in [0.05, 0.1) is 0 Å². The molecule has 9 heteroatoms. The highest BCUT2D eigenvalue weighted by Gasteiger charge is 2.21. The second-order valence-electron chi connectivity index (χ2n) is 7.25. The maximum absolute atomic E-state index is 12.3. The number of aliphatic imine (C=N–C) groups is 1. The van der Waals surface area contributed by atoms with E-state index in [4.69, 9.17) is 0 Å². The molecule has 162 valence electrons. The number of hydrogen-bond donors (Lipinski definition) is 3. The third-order valence-corrected chi connectivity index (χ3v) is 4.65. The second kappa shape index (κ2) is 11.4. The Morgan fingerprint density at radius 2 is 1.93 bits per heavy atom. The van der Waals surface area contributed by atoms with E-state index in [-0.39, 0.29) is 23.6 Å². The van der Waals surface area contributed by atoms with E-state index in [0.29, 0.717) is 19.0 Å². The Morgan fingerprint density at radius 1 is 1.24 bits per heavy atom. The largest absolute Gasteiger partial charge is 0.435 e. The van der Waals surface area contributed by atoms with E-state index in [2.05, 4.69) is 30.6 Å². The molecular weight excluding hydrogens is 380 g/mol. The van der Waals surface area contributed by atoms with Crippen molar-refractivity contribution in [3.8, 4) is 5.75 Å². The highest BCUT2D eigenvalue weighted by Crippen LogP contribution is 2.23. The number of hydrogen-bond acceptors (Lipinski definition) is 4. The SMILES string of the molecule is CN=C(NCCNC(=O)C(C)C)NC1CCCN(c2ccc(OC(F)F)cc2)C1. The van der Waals surface area contributed by atoms with Crippen LogP contribution >= 0.6 is 0 Å². The number of anilines is 1. The first-order chi connectivity index (χ1) is 13.9. The van der Waals surface area contributed by atoms with Crippen LogP contribution in [0.3, 0.4) is 0 Å². The first-order valence-electron chi connectivity index (χ1n) is 9.93. The normalized spacial score (nSPS) is 17.4. The number of rotatable bonds is 8. The molecule has 1 heterocycles. The number of nitrogens with one attached hydrogen (secondary N) is 3. The summed E-state index contributed by atoms with van der Waals surface area (Å²) < 4.78 is 29.0. The number of amides is 1. The number of carbonyl (C=O) groups excluding carboxylic acids is 1. The molecule has 0 bridgehead atoms. The molecule has 1 aliphatic heterocycles. The zero-order valence-electron chi connectivity index (χ0n) is 17.3. The predicted octanol–water partition coefficient (Wildman–Crippen LogP) is 2.19. The Morgan fingerprint density at radius 3 is 2.55 bits per heavy atom. The predicted molar refractivity (Wildman–Crippen MR) is 111 cm³/mol. The molecule has 1 atom stereocenters. The zero-order valence-corrected chi connectivity index (χ0v) is 17.3. The van der Waals surface area contributed by atoms with Gasteiger partial charge in [-0.05, 0) is 37.1 Å². The molecule has 0 aliphatic carbocycles. The van der Waals surface area contributed by atoms with Gasteiger partial charge < -0.3 is 25.6 Å². The molecule has 1 fully saturated rings. The van der Waals surface area contributed by atoms with Crippen LogP contribution in [0.5, 0.6) is 5.75 Å². The number of halogens is 2. The maximum Gasteiger partial charge on any atom is 0.387 e. The van der Waals surface area contributed by atoms with Gasteiger partial charge in [-0.1, -0.05) is 13.8 Å². The van der Waals surface area contributed by atoms with Crippen LogP contribution in [0, 0.1) is 5.92 Å². The second-order valence-corrected chi connectivity index (χ2v) is 7.25. The molecular formula is C20H31F2N5O2. The molecule has 3 N–H and O–H groups in total. The van der Waals surface area contributed by atoms with E-state index in [1.165, 1.54) is 0 Å². The summed E-state index contributed by atoms with van der Waals surface area (Å²) in [6, 6.07) is 6.92. The molecule has 2 rings (SSSR count). The van der Waals surface area contributed by atoms with Crippen LogP contribution in [0.15, 0.2) is 29.3 Å². The summed E-state index contributed by atoms with van der Waals surface area (Å²) in [5.41, 5.74) is 0.970. The monoisotopic (exact) mass is 411 g/mol. The Labute approximate surface area is 170 Å². The van der Waals surface area contributed by atoms with Gasteiger partial charge in [-0.25, -0.2) is 0 Å². The minimum Gasteiger partial charge on any atom is -0.435 e. The Kier molecular flexibility index (Phi) is 8.95. The molecule has 0 saturated carbocycles. The topological polar surface area (TPSA) is 78.0 Å². The summed E-state index contributed by atoms with van der Waals surface area (Å²) in [6.07, 6.45) is 2.02. The van der Waals surface area contributed by atoms with Crippen LogP contribution in [0.1, 0.15) is 26.7 Å². The number of guanidine groups is 1. The Hall–Kier alpha value is -2.58. The van der Waals surface area contributed by atoms with E-state index in [9.17, 15) is 13.6 Å². The van der Waals surface area contributed by atoms with Crippen molar-refractivity contribution >= 4 is 17.6 Å². The lowest BCUT2D eigenvalue weighted by atomic mass is 10.0. The fourth-order valence-electron chi connectivity index (χ4n) is 3.13. The van der Waals surface area contributed by atoms with Crippen LogP contribution < -0.4 is 25.6 Å². The average Bonchev–Trinajstić information content (AvgIpc) is 2.70. The zero-order chi connectivity index (χ0) is 21.2. The lowest BCUT2D eigenvalue weighted by Gasteiger charge is -2.35. The van der Waals surface area contributed by atoms with Crippen molar-refractivity contribution < 1.29 is 18.3 Å². The van der Waals surface area contributed by atoms with Crippen LogP contribution in [-0.2, 0) is 4.79 Å². The van der Waals surface area contributed by atoms with Crippen LogP contribution in [0.25, 0.3) is 0 Å². The van der Waals surface area contributed by atoms with E-state index < -0.39 is 6.61 Å². The fourth-order valence-corrected chi connectivity index (χ4v) is 3.13. The van der Waals surface area contributed by atoms with Gasteiger partial charge in [0.1, 0.15) is 5.75 Å². The quantitative estimate of drug-likeness (QED) is 0.347. The van der Waals surface area contributed by atoms with E-state index >= 15 is 0 Å². The van der Waals surface area contributed by atoms with E-state index in [1.54, 1.807) is 31.3 Å².